The number of carbonyl (C=O) groups excluding carboxylic acids is 3. The molecule has 1 saturated carbocycles. The number of hydrogen-bond donors (Lipinski definition) is 4. The van der Waals surface area contributed by atoms with E-state index in [9.17, 15) is 19.5 Å². The summed E-state index contributed by atoms with van der Waals surface area (Å²) in [5, 5.41) is 18.7. The van der Waals surface area contributed by atoms with Gasteiger partial charge in [-0.05, 0) is 48.6 Å². The number of ether oxygens (including phenoxy) is 1. The van der Waals surface area contributed by atoms with Gasteiger partial charge in [-0.2, -0.15) is 0 Å². The number of hydrogen-bond acceptors (Lipinski definition) is 5. The Bertz CT molecular complexity index is 1010. The smallest absolute Gasteiger partial charge is 0.408 e. The number of carbonyl (C=O) groups is 3. The summed E-state index contributed by atoms with van der Waals surface area (Å²) in [6, 6.07) is 14.7. The van der Waals surface area contributed by atoms with E-state index in [1.165, 1.54) is 6.42 Å². The number of benzene rings is 2. The summed E-state index contributed by atoms with van der Waals surface area (Å²) < 4.78 is 5.33. The molecule has 3 rings (SSSR count). The van der Waals surface area contributed by atoms with E-state index in [4.69, 9.17) is 16.3 Å². The first-order valence-electron chi connectivity index (χ1n) is 12.9. The number of nitrogens with one attached hydrogen (secondary N) is 3. The van der Waals surface area contributed by atoms with Crippen molar-refractivity contribution in [1.82, 2.24) is 10.6 Å². The normalized spacial score (nSPS) is 15.3. The second-order valence-corrected chi connectivity index (χ2v) is 9.92. The average Bonchev–Trinajstić information content (AvgIpc) is 2.90. The fraction of sp³-hybridized carbons (Fsp3) is 0.464. The highest BCUT2D eigenvalue weighted by molar-refractivity contribution is 6.30. The number of aliphatic hydroxyl groups is 1. The molecule has 0 aromatic heterocycles. The van der Waals surface area contributed by atoms with Crippen molar-refractivity contribution >= 4 is 35.2 Å². The van der Waals surface area contributed by atoms with Crippen LogP contribution >= 0.6 is 11.6 Å². The highest BCUT2D eigenvalue weighted by atomic mass is 35.5. The van der Waals surface area contributed by atoms with Crippen molar-refractivity contribution < 1.29 is 24.2 Å². The third-order valence-corrected chi connectivity index (χ3v) is 6.74. The predicted molar refractivity (Wildman–Crippen MR) is 143 cm³/mol. The molecule has 1 aliphatic rings. The van der Waals surface area contributed by atoms with E-state index >= 15 is 0 Å². The van der Waals surface area contributed by atoms with Gasteiger partial charge in [-0.1, -0.05) is 74.0 Å². The van der Waals surface area contributed by atoms with Crippen LogP contribution in [0.2, 0.25) is 5.02 Å². The van der Waals surface area contributed by atoms with Gasteiger partial charge >= 0.3 is 6.09 Å². The van der Waals surface area contributed by atoms with Crippen LogP contribution in [0, 0.1) is 5.92 Å². The second-order valence-electron chi connectivity index (χ2n) is 9.48. The molecule has 9 heteroatoms. The Morgan fingerprint density at radius 3 is 2.46 bits per heavy atom. The fourth-order valence-electron chi connectivity index (χ4n) is 4.51. The molecule has 0 bridgehead atoms. The average molecular weight is 530 g/mol. The molecular weight excluding hydrogens is 494 g/mol. The summed E-state index contributed by atoms with van der Waals surface area (Å²) in [6.45, 7) is -0.292. The molecule has 1 fully saturated rings. The summed E-state index contributed by atoms with van der Waals surface area (Å²) in [7, 11) is 0. The quantitative estimate of drug-likeness (QED) is 0.315. The Kier molecular flexibility index (Phi) is 11.7. The summed E-state index contributed by atoms with van der Waals surface area (Å²) in [5.74, 6) is -0.282. The number of alkyl carbamates (subject to hydrolysis) is 1. The number of rotatable bonds is 12. The third kappa shape index (κ3) is 10.4. The SMILES string of the molecule is O=C(CC[C@@H](CO)NC(=O)[C@H](CC1CCCCC1)NC(=O)OCc1cccc(Cl)c1)Nc1ccccc1. The Labute approximate surface area is 223 Å². The summed E-state index contributed by atoms with van der Waals surface area (Å²) in [4.78, 5) is 38.0. The second kappa shape index (κ2) is 15.2. The number of anilines is 1. The zero-order chi connectivity index (χ0) is 26.5. The standard InChI is InChI=1S/C28H36ClN3O5/c29-22-11-7-10-21(16-22)19-37-28(36)32-25(17-20-8-3-1-4-9-20)27(35)31-24(18-33)14-15-26(34)30-23-12-5-2-6-13-23/h2,5-7,10-13,16,20,24-25,33H,1,3-4,8-9,14-15,17-19H2,(H,30,34)(H,31,35)(H,32,36)/t24-,25-/m0/s1. The van der Waals surface area contributed by atoms with Crippen LogP contribution in [0.5, 0.6) is 0 Å². The van der Waals surface area contributed by atoms with Gasteiger partial charge in [0, 0.05) is 17.1 Å². The van der Waals surface area contributed by atoms with Gasteiger partial charge in [-0.3, -0.25) is 9.59 Å². The topological polar surface area (TPSA) is 117 Å². The van der Waals surface area contributed by atoms with E-state index in [1.54, 1.807) is 36.4 Å². The molecular formula is C28H36ClN3O5. The van der Waals surface area contributed by atoms with Gasteiger partial charge < -0.3 is 25.8 Å². The number of halogens is 1. The van der Waals surface area contributed by atoms with Gasteiger partial charge in [-0.15, -0.1) is 0 Å². The minimum absolute atomic E-state index is 0.0277. The molecule has 0 heterocycles. The molecule has 4 N–H and O–H groups in total. The molecule has 3 amide bonds. The monoisotopic (exact) mass is 529 g/mol. The lowest BCUT2D eigenvalue weighted by Crippen LogP contribution is -2.51. The van der Waals surface area contributed by atoms with Crippen molar-refractivity contribution in [2.24, 2.45) is 5.92 Å². The zero-order valence-electron chi connectivity index (χ0n) is 21.0. The van der Waals surface area contributed by atoms with Crippen LogP contribution in [-0.2, 0) is 20.9 Å². The maximum atomic E-state index is 13.2. The van der Waals surface area contributed by atoms with Gasteiger partial charge in [0.1, 0.15) is 12.6 Å². The van der Waals surface area contributed by atoms with Crippen molar-refractivity contribution in [2.75, 3.05) is 11.9 Å². The van der Waals surface area contributed by atoms with Gasteiger partial charge in [0.25, 0.3) is 0 Å². The first kappa shape index (κ1) is 28.5. The van der Waals surface area contributed by atoms with E-state index in [0.717, 1.165) is 31.2 Å². The highest BCUT2D eigenvalue weighted by Crippen LogP contribution is 2.27. The molecule has 0 radical (unpaired) electrons. The predicted octanol–water partition coefficient (Wildman–Crippen LogP) is 4.80. The molecule has 0 spiro atoms. The van der Waals surface area contributed by atoms with Crippen molar-refractivity contribution in [2.45, 2.75) is 70.1 Å². The van der Waals surface area contributed by atoms with Crippen LogP contribution in [0.25, 0.3) is 0 Å². The maximum absolute atomic E-state index is 13.2. The molecule has 37 heavy (non-hydrogen) atoms. The van der Waals surface area contributed by atoms with E-state index < -0.39 is 24.1 Å². The summed E-state index contributed by atoms with van der Waals surface area (Å²) in [6.07, 6.45) is 5.59. The van der Waals surface area contributed by atoms with Gasteiger partial charge in [0.2, 0.25) is 11.8 Å². The fourth-order valence-corrected chi connectivity index (χ4v) is 4.72. The largest absolute Gasteiger partial charge is 0.445 e. The molecule has 0 saturated heterocycles. The Balaban J connectivity index is 1.54. The molecule has 2 aromatic rings. The minimum atomic E-state index is -0.804. The van der Waals surface area contributed by atoms with E-state index in [2.05, 4.69) is 16.0 Å². The minimum Gasteiger partial charge on any atom is -0.445 e. The number of amides is 3. The van der Waals surface area contributed by atoms with Crippen molar-refractivity contribution in [1.29, 1.82) is 0 Å². The van der Waals surface area contributed by atoms with Crippen LogP contribution in [-0.4, -0.2) is 41.7 Å². The van der Waals surface area contributed by atoms with Crippen LogP contribution in [0.1, 0.15) is 56.9 Å². The van der Waals surface area contributed by atoms with Gasteiger partial charge in [-0.25, -0.2) is 4.79 Å². The van der Waals surface area contributed by atoms with E-state index in [1.807, 2.05) is 18.2 Å². The molecule has 0 aliphatic heterocycles. The Morgan fingerprint density at radius 1 is 1.00 bits per heavy atom. The van der Waals surface area contributed by atoms with Crippen molar-refractivity contribution in [3.8, 4) is 0 Å². The van der Waals surface area contributed by atoms with E-state index in [-0.39, 0.29) is 32.0 Å². The third-order valence-electron chi connectivity index (χ3n) is 6.51. The van der Waals surface area contributed by atoms with Crippen LogP contribution in [0.4, 0.5) is 10.5 Å². The molecule has 200 valence electrons. The van der Waals surface area contributed by atoms with Crippen LogP contribution in [0.3, 0.4) is 0 Å². The number of para-hydroxylation sites is 1. The highest BCUT2D eigenvalue weighted by Gasteiger charge is 2.28. The van der Waals surface area contributed by atoms with Crippen LogP contribution in [0.15, 0.2) is 54.6 Å². The maximum Gasteiger partial charge on any atom is 0.408 e. The lowest BCUT2D eigenvalue weighted by atomic mass is 9.84. The zero-order valence-corrected chi connectivity index (χ0v) is 21.7. The molecule has 2 aromatic carbocycles. The summed E-state index contributed by atoms with van der Waals surface area (Å²) in [5.41, 5.74) is 1.43. The molecule has 1 aliphatic carbocycles. The molecule has 0 unspecified atom stereocenters. The molecule has 2 atom stereocenters. The van der Waals surface area contributed by atoms with Gasteiger partial charge in [0.15, 0.2) is 0 Å². The number of aliphatic hydroxyl groups excluding tert-OH is 1. The van der Waals surface area contributed by atoms with E-state index in [0.29, 0.717) is 23.0 Å². The van der Waals surface area contributed by atoms with Crippen molar-refractivity contribution in [3.05, 3.63) is 65.2 Å². The van der Waals surface area contributed by atoms with Gasteiger partial charge in [0.05, 0.1) is 12.6 Å². The lowest BCUT2D eigenvalue weighted by molar-refractivity contribution is -0.125. The van der Waals surface area contributed by atoms with Crippen LogP contribution < -0.4 is 16.0 Å². The first-order chi connectivity index (χ1) is 17.9. The first-order valence-corrected chi connectivity index (χ1v) is 13.2. The Morgan fingerprint density at radius 2 is 1.76 bits per heavy atom. The molecule has 8 nitrogen and oxygen atoms in total. The Hall–Kier alpha value is -3.10. The lowest BCUT2D eigenvalue weighted by Gasteiger charge is -2.27. The van der Waals surface area contributed by atoms with Crippen molar-refractivity contribution in [3.63, 3.8) is 0 Å². The summed E-state index contributed by atoms with van der Waals surface area (Å²) >= 11 is 5.99.